The van der Waals surface area contributed by atoms with Gasteiger partial charge in [0, 0.05) is 13.1 Å². The van der Waals surface area contributed by atoms with Gasteiger partial charge in [-0.2, -0.15) is 0 Å². The van der Waals surface area contributed by atoms with E-state index in [1.807, 2.05) is 18.2 Å². The molecule has 1 aliphatic rings. The molecule has 0 unspecified atom stereocenters. The molecule has 1 aromatic heterocycles. The van der Waals surface area contributed by atoms with Crippen LogP contribution in [0.15, 0.2) is 53.1 Å². The SMILES string of the molecule is O=C(NCc1ccco1)[C@@H]1CCCN(S(=O)(=O)Cc2ccccc2)C1. The maximum atomic E-state index is 12.6. The van der Waals surface area contributed by atoms with Crippen LogP contribution in [0.25, 0.3) is 0 Å². The van der Waals surface area contributed by atoms with Crippen molar-refractivity contribution >= 4 is 15.9 Å². The van der Waals surface area contributed by atoms with Crippen molar-refractivity contribution in [3.05, 3.63) is 60.1 Å². The van der Waals surface area contributed by atoms with Crippen LogP contribution >= 0.6 is 0 Å². The van der Waals surface area contributed by atoms with Gasteiger partial charge in [0.05, 0.1) is 24.5 Å². The van der Waals surface area contributed by atoms with Crippen molar-refractivity contribution in [2.24, 2.45) is 5.92 Å². The van der Waals surface area contributed by atoms with E-state index in [0.29, 0.717) is 31.7 Å². The van der Waals surface area contributed by atoms with Gasteiger partial charge in [0.2, 0.25) is 15.9 Å². The minimum absolute atomic E-state index is 0.0332. The topological polar surface area (TPSA) is 79.6 Å². The van der Waals surface area contributed by atoms with E-state index in [0.717, 1.165) is 5.56 Å². The summed E-state index contributed by atoms with van der Waals surface area (Å²) in [6.45, 7) is 1.02. The van der Waals surface area contributed by atoms with Gasteiger partial charge in [-0.3, -0.25) is 4.79 Å². The van der Waals surface area contributed by atoms with Crippen LogP contribution in [0, 0.1) is 5.92 Å². The molecule has 7 heteroatoms. The van der Waals surface area contributed by atoms with Gasteiger partial charge in [-0.15, -0.1) is 0 Å². The number of rotatable bonds is 6. The number of carbonyl (C=O) groups is 1. The van der Waals surface area contributed by atoms with Gasteiger partial charge in [0.1, 0.15) is 5.76 Å². The number of nitrogens with zero attached hydrogens (tertiary/aromatic N) is 1. The lowest BCUT2D eigenvalue weighted by Crippen LogP contribution is -2.45. The molecule has 0 bridgehead atoms. The molecular weight excluding hydrogens is 340 g/mol. The van der Waals surface area contributed by atoms with Gasteiger partial charge in [-0.25, -0.2) is 12.7 Å². The zero-order valence-corrected chi connectivity index (χ0v) is 14.7. The summed E-state index contributed by atoms with van der Waals surface area (Å²) in [5.74, 6) is 0.192. The summed E-state index contributed by atoms with van der Waals surface area (Å²) in [4.78, 5) is 12.3. The zero-order chi connectivity index (χ0) is 17.7. The zero-order valence-electron chi connectivity index (χ0n) is 13.9. The summed E-state index contributed by atoms with van der Waals surface area (Å²) in [5.41, 5.74) is 0.756. The molecule has 1 fully saturated rings. The Bertz CT molecular complexity index is 788. The highest BCUT2D eigenvalue weighted by atomic mass is 32.2. The van der Waals surface area contributed by atoms with Gasteiger partial charge in [0.25, 0.3) is 0 Å². The van der Waals surface area contributed by atoms with E-state index in [9.17, 15) is 13.2 Å². The lowest BCUT2D eigenvalue weighted by atomic mass is 9.99. The Morgan fingerprint density at radius 2 is 2.00 bits per heavy atom. The Kier molecular flexibility index (Phi) is 5.55. The quantitative estimate of drug-likeness (QED) is 0.854. The Hall–Kier alpha value is -2.12. The number of hydrogen-bond acceptors (Lipinski definition) is 4. The van der Waals surface area contributed by atoms with Crippen molar-refractivity contribution in [2.45, 2.75) is 25.1 Å². The van der Waals surface area contributed by atoms with Crippen LogP contribution in [0.1, 0.15) is 24.2 Å². The van der Waals surface area contributed by atoms with Gasteiger partial charge < -0.3 is 9.73 Å². The molecule has 1 atom stereocenters. The second-order valence-corrected chi connectivity index (χ2v) is 8.21. The third kappa shape index (κ3) is 4.70. The molecule has 0 radical (unpaired) electrons. The van der Waals surface area contributed by atoms with Crippen LogP contribution < -0.4 is 5.32 Å². The molecule has 2 aromatic rings. The van der Waals surface area contributed by atoms with Crippen molar-refractivity contribution < 1.29 is 17.6 Å². The van der Waals surface area contributed by atoms with E-state index in [1.165, 1.54) is 4.31 Å². The van der Waals surface area contributed by atoms with E-state index in [4.69, 9.17) is 4.42 Å². The first kappa shape index (κ1) is 17.7. The number of carbonyl (C=O) groups excluding carboxylic acids is 1. The molecule has 2 heterocycles. The second kappa shape index (κ2) is 7.84. The van der Waals surface area contributed by atoms with Gasteiger partial charge in [-0.1, -0.05) is 30.3 Å². The molecule has 0 saturated carbocycles. The number of hydrogen-bond donors (Lipinski definition) is 1. The fraction of sp³-hybridized carbons (Fsp3) is 0.389. The molecule has 6 nitrogen and oxygen atoms in total. The van der Waals surface area contributed by atoms with Crippen molar-refractivity contribution in [1.29, 1.82) is 0 Å². The molecule has 0 spiro atoms. The first-order valence-electron chi connectivity index (χ1n) is 8.36. The van der Waals surface area contributed by atoms with Crippen LogP contribution in [0.3, 0.4) is 0 Å². The summed E-state index contributed by atoms with van der Waals surface area (Å²) in [6.07, 6.45) is 2.94. The summed E-state index contributed by atoms with van der Waals surface area (Å²) in [7, 11) is -3.43. The predicted molar refractivity (Wildman–Crippen MR) is 93.9 cm³/mol. The van der Waals surface area contributed by atoms with E-state index in [1.54, 1.807) is 30.5 Å². The Morgan fingerprint density at radius 3 is 2.72 bits per heavy atom. The number of amides is 1. The largest absolute Gasteiger partial charge is 0.467 e. The maximum Gasteiger partial charge on any atom is 0.224 e. The molecule has 25 heavy (non-hydrogen) atoms. The third-order valence-corrected chi connectivity index (χ3v) is 6.17. The first-order valence-corrected chi connectivity index (χ1v) is 9.97. The van der Waals surface area contributed by atoms with Gasteiger partial charge in [-0.05, 0) is 30.5 Å². The van der Waals surface area contributed by atoms with Crippen molar-refractivity contribution in [1.82, 2.24) is 9.62 Å². The maximum absolute atomic E-state index is 12.6. The number of furan rings is 1. The fourth-order valence-corrected chi connectivity index (χ4v) is 4.63. The van der Waals surface area contributed by atoms with Gasteiger partial charge in [0.15, 0.2) is 0 Å². The average molecular weight is 362 g/mol. The smallest absolute Gasteiger partial charge is 0.224 e. The average Bonchev–Trinajstić information content (AvgIpc) is 3.14. The molecule has 3 rings (SSSR count). The van der Waals surface area contributed by atoms with Crippen molar-refractivity contribution in [3.8, 4) is 0 Å². The summed E-state index contributed by atoms with van der Waals surface area (Å²) < 4.78 is 31.9. The van der Waals surface area contributed by atoms with Crippen LogP contribution in [-0.4, -0.2) is 31.7 Å². The standard InChI is InChI=1S/C18H22N2O4S/c21-18(19-12-17-9-5-11-24-17)16-8-4-10-20(13-16)25(22,23)14-15-6-2-1-3-7-15/h1-3,5-7,9,11,16H,4,8,10,12-14H2,(H,19,21)/t16-/m1/s1. The van der Waals surface area contributed by atoms with Crippen LogP contribution in [0.4, 0.5) is 0 Å². The molecule has 1 amide bonds. The normalized spacial score (nSPS) is 18.8. The molecule has 1 aliphatic heterocycles. The fourth-order valence-electron chi connectivity index (χ4n) is 3.02. The van der Waals surface area contributed by atoms with E-state index in [2.05, 4.69) is 5.32 Å². The minimum Gasteiger partial charge on any atom is -0.467 e. The van der Waals surface area contributed by atoms with Gasteiger partial charge >= 0.3 is 0 Å². The second-order valence-electron chi connectivity index (χ2n) is 6.24. The molecule has 1 aromatic carbocycles. The lowest BCUT2D eigenvalue weighted by Gasteiger charge is -2.31. The molecule has 134 valence electrons. The molecule has 1 saturated heterocycles. The van der Waals surface area contributed by atoms with E-state index >= 15 is 0 Å². The third-order valence-electron chi connectivity index (χ3n) is 4.36. The van der Waals surface area contributed by atoms with Crippen molar-refractivity contribution in [3.63, 3.8) is 0 Å². The molecule has 0 aliphatic carbocycles. The van der Waals surface area contributed by atoms with Crippen LogP contribution in [-0.2, 0) is 27.1 Å². The Labute approximate surface area is 147 Å². The van der Waals surface area contributed by atoms with Crippen LogP contribution in [0.5, 0.6) is 0 Å². The number of benzene rings is 1. The minimum atomic E-state index is -3.43. The van der Waals surface area contributed by atoms with Crippen molar-refractivity contribution in [2.75, 3.05) is 13.1 Å². The monoisotopic (exact) mass is 362 g/mol. The highest BCUT2D eigenvalue weighted by molar-refractivity contribution is 7.88. The predicted octanol–water partition coefficient (Wildman–Crippen LogP) is 2.14. The van der Waals surface area contributed by atoms with E-state index in [-0.39, 0.29) is 24.1 Å². The summed E-state index contributed by atoms with van der Waals surface area (Å²) in [6, 6.07) is 12.7. The van der Waals surface area contributed by atoms with E-state index < -0.39 is 10.0 Å². The lowest BCUT2D eigenvalue weighted by molar-refractivity contribution is -0.126. The highest BCUT2D eigenvalue weighted by Gasteiger charge is 2.32. The Balaban J connectivity index is 1.59. The highest BCUT2D eigenvalue weighted by Crippen LogP contribution is 2.21. The number of sulfonamides is 1. The molecule has 1 N–H and O–H groups in total. The number of piperidine rings is 1. The van der Waals surface area contributed by atoms with Crippen LogP contribution in [0.2, 0.25) is 0 Å². The summed E-state index contributed by atoms with van der Waals surface area (Å²) >= 11 is 0. The summed E-state index contributed by atoms with van der Waals surface area (Å²) in [5, 5.41) is 2.82. The Morgan fingerprint density at radius 1 is 1.20 bits per heavy atom. The first-order chi connectivity index (χ1) is 12.0. The number of nitrogens with one attached hydrogen (secondary N) is 1. The molecular formula is C18H22N2O4S.